The fourth-order valence-corrected chi connectivity index (χ4v) is 1.14. The first kappa shape index (κ1) is 8.27. The number of nitrogens with one attached hydrogen (secondary N) is 1. The van der Waals surface area contributed by atoms with Crippen LogP contribution in [-0.4, -0.2) is 29.6 Å². The lowest BCUT2D eigenvalue weighted by molar-refractivity contribution is -0.130. The summed E-state index contributed by atoms with van der Waals surface area (Å²) in [7, 11) is 0. The van der Waals surface area contributed by atoms with Crippen molar-refractivity contribution in [3.8, 4) is 0 Å². The van der Waals surface area contributed by atoms with Gasteiger partial charge in [0.1, 0.15) is 0 Å². The molecule has 3 heteroatoms. The highest BCUT2D eigenvalue weighted by molar-refractivity contribution is 5.87. The molecule has 0 aromatic carbocycles. The Morgan fingerprint density at radius 1 is 1.82 bits per heavy atom. The van der Waals surface area contributed by atoms with Gasteiger partial charge in [-0.25, -0.2) is 0 Å². The Bertz CT molecular complexity index is 187. The molecule has 0 aliphatic carbocycles. The van der Waals surface area contributed by atoms with E-state index in [1.807, 2.05) is 13.8 Å². The lowest BCUT2D eigenvalue weighted by atomic mass is 10.1. The number of hydrogen-bond donors (Lipinski definition) is 1. The lowest BCUT2D eigenvalue weighted by Crippen LogP contribution is -2.40. The second-order valence-corrected chi connectivity index (χ2v) is 3.28. The fraction of sp³-hybridized carbons (Fsp3) is 0.625. The molecule has 11 heavy (non-hydrogen) atoms. The SMILES string of the molecule is C=CCN1CNC(C)(C)C1=O. The van der Waals surface area contributed by atoms with Crippen molar-refractivity contribution in [1.29, 1.82) is 0 Å². The number of amides is 1. The van der Waals surface area contributed by atoms with Crippen LogP contribution in [0.4, 0.5) is 0 Å². The third kappa shape index (κ3) is 1.43. The topological polar surface area (TPSA) is 32.3 Å². The molecule has 0 bridgehead atoms. The van der Waals surface area contributed by atoms with Crippen molar-refractivity contribution >= 4 is 5.91 Å². The van der Waals surface area contributed by atoms with E-state index in [4.69, 9.17) is 0 Å². The zero-order valence-electron chi connectivity index (χ0n) is 7.05. The molecule has 1 heterocycles. The molecule has 1 saturated heterocycles. The Morgan fingerprint density at radius 2 is 2.45 bits per heavy atom. The normalized spacial score (nSPS) is 22.4. The maximum atomic E-state index is 11.4. The van der Waals surface area contributed by atoms with Crippen molar-refractivity contribution in [3.63, 3.8) is 0 Å². The van der Waals surface area contributed by atoms with Crippen molar-refractivity contribution < 1.29 is 4.79 Å². The van der Waals surface area contributed by atoms with E-state index in [1.165, 1.54) is 0 Å². The average molecular weight is 154 g/mol. The van der Waals surface area contributed by atoms with Crippen molar-refractivity contribution in [3.05, 3.63) is 12.7 Å². The van der Waals surface area contributed by atoms with Gasteiger partial charge in [0.2, 0.25) is 5.91 Å². The zero-order chi connectivity index (χ0) is 8.48. The van der Waals surface area contributed by atoms with E-state index in [2.05, 4.69) is 11.9 Å². The summed E-state index contributed by atoms with van der Waals surface area (Å²) in [5.41, 5.74) is -0.386. The Morgan fingerprint density at radius 3 is 2.82 bits per heavy atom. The highest BCUT2D eigenvalue weighted by atomic mass is 16.2. The van der Waals surface area contributed by atoms with Gasteiger partial charge in [-0.15, -0.1) is 6.58 Å². The molecule has 62 valence electrons. The largest absolute Gasteiger partial charge is 0.325 e. The van der Waals surface area contributed by atoms with Crippen LogP contribution in [0.15, 0.2) is 12.7 Å². The third-order valence-electron chi connectivity index (χ3n) is 1.88. The van der Waals surface area contributed by atoms with Gasteiger partial charge < -0.3 is 4.90 Å². The van der Waals surface area contributed by atoms with Crippen LogP contribution in [0.3, 0.4) is 0 Å². The smallest absolute Gasteiger partial charge is 0.243 e. The van der Waals surface area contributed by atoms with E-state index >= 15 is 0 Å². The number of carbonyl (C=O) groups is 1. The number of rotatable bonds is 2. The first-order valence-electron chi connectivity index (χ1n) is 3.73. The van der Waals surface area contributed by atoms with Crippen LogP contribution in [0.25, 0.3) is 0 Å². The van der Waals surface area contributed by atoms with Gasteiger partial charge in [-0.1, -0.05) is 6.08 Å². The number of nitrogens with zero attached hydrogens (tertiary/aromatic N) is 1. The molecule has 0 spiro atoms. The highest BCUT2D eigenvalue weighted by Crippen LogP contribution is 2.13. The van der Waals surface area contributed by atoms with Crippen LogP contribution in [0.1, 0.15) is 13.8 Å². The molecule has 1 fully saturated rings. The summed E-state index contributed by atoms with van der Waals surface area (Å²) in [6.45, 7) is 8.63. The molecular formula is C8H14N2O. The van der Waals surface area contributed by atoms with Crippen molar-refractivity contribution in [2.24, 2.45) is 0 Å². The van der Waals surface area contributed by atoms with Crippen LogP contribution in [0.5, 0.6) is 0 Å². The fourth-order valence-electron chi connectivity index (χ4n) is 1.14. The van der Waals surface area contributed by atoms with Crippen molar-refractivity contribution in [2.45, 2.75) is 19.4 Å². The molecule has 0 aromatic rings. The van der Waals surface area contributed by atoms with E-state index in [1.54, 1.807) is 11.0 Å². The Kier molecular flexibility index (Phi) is 2.00. The Labute approximate surface area is 67.1 Å². The van der Waals surface area contributed by atoms with Crippen LogP contribution >= 0.6 is 0 Å². The maximum absolute atomic E-state index is 11.4. The summed E-state index contributed by atoms with van der Waals surface area (Å²) in [6, 6.07) is 0. The monoisotopic (exact) mass is 154 g/mol. The minimum atomic E-state index is -0.386. The molecule has 1 rings (SSSR count). The van der Waals surface area contributed by atoms with Crippen molar-refractivity contribution in [1.82, 2.24) is 10.2 Å². The lowest BCUT2D eigenvalue weighted by Gasteiger charge is -2.16. The molecule has 0 unspecified atom stereocenters. The first-order chi connectivity index (χ1) is 5.08. The molecule has 1 aliphatic rings. The van der Waals surface area contributed by atoms with Crippen LogP contribution in [-0.2, 0) is 4.79 Å². The summed E-state index contributed by atoms with van der Waals surface area (Å²) in [5, 5.41) is 3.11. The van der Waals surface area contributed by atoms with E-state index in [9.17, 15) is 4.79 Å². The number of hydrogen-bond acceptors (Lipinski definition) is 2. The molecular weight excluding hydrogens is 140 g/mol. The van der Waals surface area contributed by atoms with Gasteiger partial charge in [-0.05, 0) is 13.8 Å². The van der Waals surface area contributed by atoms with Gasteiger partial charge in [-0.3, -0.25) is 10.1 Å². The molecule has 3 nitrogen and oxygen atoms in total. The molecule has 1 amide bonds. The van der Waals surface area contributed by atoms with E-state index in [0.717, 1.165) is 0 Å². The van der Waals surface area contributed by atoms with Gasteiger partial charge in [0.15, 0.2) is 0 Å². The van der Waals surface area contributed by atoms with Gasteiger partial charge >= 0.3 is 0 Å². The Balaban J connectivity index is 2.63. The Hall–Kier alpha value is -0.830. The predicted molar refractivity (Wildman–Crippen MR) is 44.0 cm³/mol. The van der Waals surface area contributed by atoms with E-state index in [-0.39, 0.29) is 11.4 Å². The van der Waals surface area contributed by atoms with Gasteiger partial charge in [0, 0.05) is 6.54 Å². The average Bonchev–Trinajstić information content (AvgIpc) is 2.17. The molecule has 0 aromatic heterocycles. The second kappa shape index (κ2) is 2.66. The second-order valence-electron chi connectivity index (χ2n) is 3.28. The van der Waals surface area contributed by atoms with E-state index < -0.39 is 0 Å². The van der Waals surface area contributed by atoms with Crippen LogP contribution < -0.4 is 5.32 Å². The highest BCUT2D eigenvalue weighted by Gasteiger charge is 2.37. The standard InChI is InChI=1S/C8H14N2O/c1-4-5-10-6-9-8(2,3)7(10)11/h4,9H,1,5-6H2,2-3H3. The van der Waals surface area contributed by atoms with Gasteiger partial charge in [0.25, 0.3) is 0 Å². The molecule has 1 aliphatic heterocycles. The zero-order valence-corrected chi connectivity index (χ0v) is 7.05. The quantitative estimate of drug-likeness (QED) is 0.582. The third-order valence-corrected chi connectivity index (χ3v) is 1.88. The van der Waals surface area contributed by atoms with Gasteiger partial charge in [0.05, 0.1) is 12.2 Å². The number of carbonyl (C=O) groups excluding carboxylic acids is 1. The summed E-state index contributed by atoms with van der Waals surface area (Å²) in [4.78, 5) is 13.2. The maximum Gasteiger partial charge on any atom is 0.243 e. The van der Waals surface area contributed by atoms with Crippen LogP contribution in [0, 0.1) is 0 Å². The van der Waals surface area contributed by atoms with Crippen LogP contribution in [0.2, 0.25) is 0 Å². The summed E-state index contributed by atoms with van der Waals surface area (Å²) in [6.07, 6.45) is 1.74. The van der Waals surface area contributed by atoms with Gasteiger partial charge in [-0.2, -0.15) is 0 Å². The van der Waals surface area contributed by atoms with E-state index in [0.29, 0.717) is 13.2 Å². The molecule has 1 N–H and O–H groups in total. The molecule has 0 atom stereocenters. The van der Waals surface area contributed by atoms with Crippen molar-refractivity contribution in [2.75, 3.05) is 13.2 Å². The molecule has 0 saturated carbocycles. The summed E-state index contributed by atoms with van der Waals surface area (Å²) >= 11 is 0. The minimum absolute atomic E-state index is 0.150. The molecule has 0 radical (unpaired) electrons. The first-order valence-corrected chi connectivity index (χ1v) is 3.73. The summed E-state index contributed by atoms with van der Waals surface area (Å²) in [5.74, 6) is 0.150. The predicted octanol–water partition coefficient (Wildman–Crippen LogP) is 0.340. The summed E-state index contributed by atoms with van der Waals surface area (Å²) < 4.78 is 0. The minimum Gasteiger partial charge on any atom is -0.325 e.